The van der Waals surface area contributed by atoms with Gasteiger partial charge in [-0.25, -0.2) is 0 Å². The van der Waals surface area contributed by atoms with Crippen molar-refractivity contribution in [2.75, 3.05) is 24.7 Å². The number of hydrogen-bond donors (Lipinski definition) is 4. The van der Waals surface area contributed by atoms with Crippen LogP contribution in [-0.2, 0) is 7.05 Å². The molecule has 0 radical (unpaired) electrons. The number of anilines is 3. The van der Waals surface area contributed by atoms with Crippen molar-refractivity contribution in [3.8, 4) is 5.75 Å². The lowest BCUT2D eigenvalue weighted by Crippen LogP contribution is -2.34. The average molecular weight is 389 g/mol. The SMILES string of the molecule is CC(C)C(C)Nc1c(Nc2cccc(C(=O)N(C)C)c2O)c(=O)n(C)[nH]c1=O. The largest absolute Gasteiger partial charge is 0.505 e. The molecule has 152 valence electrons. The van der Waals surface area contributed by atoms with Gasteiger partial charge in [-0.3, -0.25) is 24.2 Å². The first-order valence-electron chi connectivity index (χ1n) is 8.95. The Morgan fingerprint density at radius 2 is 1.82 bits per heavy atom. The van der Waals surface area contributed by atoms with Gasteiger partial charge < -0.3 is 20.6 Å². The first kappa shape index (κ1) is 21.1. The van der Waals surface area contributed by atoms with E-state index in [1.807, 2.05) is 20.8 Å². The van der Waals surface area contributed by atoms with Crippen molar-refractivity contribution in [2.45, 2.75) is 26.8 Å². The van der Waals surface area contributed by atoms with Gasteiger partial charge in [0.05, 0.1) is 11.3 Å². The molecule has 0 aliphatic rings. The van der Waals surface area contributed by atoms with Crippen molar-refractivity contribution >= 4 is 23.0 Å². The van der Waals surface area contributed by atoms with Gasteiger partial charge in [-0.1, -0.05) is 19.9 Å². The molecule has 1 heterocycles. The fourth-order valence-electron chi connectivity index (χ4n) is 2.49. The molecule has 0 fully saturated rings. The molecule has 0 bridgehead atoms. The average Bonchev–Trinajstić information content (AvgIpc) is 2.62. The van der Waals surface area contributed by atoms with Gasteiger partial charge in [-0.05, 0) is 25.0 Å². The normalized spacial score (nSPS) is 12.0. The van der Waals surface area contributed by atoms with Gasteiger partial charge in [0.15, 0.2) is 5.75 Å². The molecule has 1 aromatic carbocycles. The Labute approximate surface area is 163 Å². The highest BCUT2D eigenvalue weighted by Crippen LogP contribution is 2.31. The highest BCUT2D eigenvalue weighted by molar-refractivity contribution is 5.98. The number of H-pyrrole nitrogens is 1. The standard InChI is InChI=1S/C19H27N5O4/c1-10(2)11(3)20-14-15(19(28)24(6)22-17(14)26)21-13-9-7-8-12(16(13)25)18(27)23(4)5/h7-11,20-21,25H,1-6H3,(H,22,26). The van der Waals surface area contributed by atoms with Crippen LogP contribution in [0.5, 0.6) is 5.75 Å². The summed E-state index contributed by atoms with van der Waals surface area (Å²) < 4.78 is 1.06. The summed E-state index contributed by atoms with van der Waals surface area (Å²) in [6.45, 7) is 5.88. The first-order chi connectivity index (χ1) is 13.0. The number of aromatic hydroxyl groups is 1. The molecule has 1 atom stereocenters. The third kappa shape index (κ3) is 4.19. The van der Waals surface area contributed by atoms with Gasteiger partial charge in [0.2, 0.25) is 0 Å². The number of aromatic amines is 1. The number of benzene rings is 1. The van der Waals surface area contributed by atoms with Crippen LogP contribution in [0.25, 0.3) is 0 Å². The van der Waals surface area contributed by atoms with E-state index in [1.165, 1.54) is 24.1 Å². The van der Waals surface area contributed by atoms with Crippen molar-refractivity contribution < 1.29 is 9.90 Å². The van der Waals surface area contributed by atoms with Gasteiger partial charge in [0.1, 0.15) is 11.4 Å². The predicted molar refractivity (Wildman–Crippen MR) is 110 cm³/mol. The molecule has 2 aromatic rings. The lowest BCUT2D eigenvalue weighted by Gasteiger charge is -2.21. The van der Waals surface area contributed by atoms with Crippen LogP contribution < -0.4 is 21.8 Å². The molecule has 4 N–H and O–H groups in total. The van der Waals surface area contributed by atoms with Crippen LogP contribution >= 0.6 is 0 Å². The number of aromatic nitrogens is 2. The number of carbonyl (C=O) groups excluding carboxylic acids is 1. The van der Waals surface area contributed by atoms with Crippen LogP contribution in [0.2, 0.25) is 0 Å². The molecular weight excluding hydrogens is 362 g/mol. The molecule has 0 aliphatic heterocycles. The maximum atomic E-state index is 12.7. The van der Waals surface area contributed by atoms with E-state index < -0.39 is 11.1 Å². The number of aryl methyl sites for hydroxylation is 1. The van der Waals surface area contributed by atoms with E-state index in [9.17, 15) is 19.5 Å². The number of nitrogens with zero attached hydrogens (tertiary/aromatic N) is 2. The molecule has 9 nitrogen and oxygen atoms in total. The molecule has 0 aliphatic carbocycles. The molecule has 9 heteroatoms. The smallest absolute Gasteiger partial charge is 0.290 e. The monoisotopic (exact) mass is 389 g/mol. The molecule has 1 aromatic heterocycles. The predicted octanol–water partition coefficient (Wildman–Crippen LogP) is 1.68. The Kier molecular flexibility index (Phi) is 6.17. The van der Waals surface area contributed by atoms with Crippen molar-refractivity contribution in [2.24, 2.45) is 13.0 Å². The minimum atomic E-state index is -0.484. The lowest BCUT2D eigenvalue weighted by atomic mass is 10.1. The second-order valence-corrected chi connectivity index (χ2v) is 7.26. The fraction of sp³-hybridized carbons (Fsp3) is 0.421. The van der Waals surface area contributed by atoms with E-state index in [0.717, 1.165) is 4.68 Å². The number of nitrogens with one attached hydrogen (secondary N) is 3. The van der Waals surface area contributed by atoms with Crippen LogP contribution in [0.4, 0.5) is 17.1 Å². The molecule has 0 saturated carbocycles. The number of phenolic OH excluding ortho intramolecular Hbond substituents is 1. The Morgan fingerprint density at radius 1 is 1.18 bits per heavy atom. The van der Waals surface area contributed by atoms with E-state index >= 15 is 0 Å². The van der Waals surface area contributed by atoms with Crippen LogP contribution in [-0.4, -0.2) is 45.8 Å². The molecule has 28 heavy (non-hydrogen) atoms. The van der Waals surface area contributed by atoms with Crippen LogP contribution in [0, 0.1) is 5.92 Å². The number of para-hydroxylation sites is 1. The number of hydrogen-bond acceptors (Lipinski definition) is 6. The zero-order valence-electron chi connectivity index (χ0n) is 17.0. The number of rotatable bonds is 6. The van der Waals surface area contributed by atoms with E-state index in [2.05, 4.69) is 15.7 Å². The topological polar surface area (TPSA) is 119 Å². The molecule has 1 unspecified atom stereocenters. The Bertz CT molecular complexity index is 991. The van der Waals surface area contributed by atoms with Gasteiger partial charge >= 0.3 is 0 Å². The van der Waals surface area contributed by atoms with E-state index in [4.69, 9.17) is 0 Å². The van der Waals surface area contributed by atoms with Crippen LogP contribution in [0.1, 0.15) is 31.1 Å². The summed E-state index contributed by atoms with van der Waals surface area (Å²) >= 11 is 0. The number of phenols is 1. The van der Waals surface area contributed by atoms with Crippen molar-refractivity contribution in [1.29, 1.82) is 0 Å². The second kappa shape index (κ2) is 8.20. The molecular formula is C19H27N5O4. The van der Waals surface area contributed by atoms with E-state index in [-0.39, 0.29) is 46.2 Å². The highest BCUT2D eigenvalue weighted by atomic mass is 16.3. The quantitative estimate of drug-likeness (QED) is 0.558. The van der Waals surface area contributed by atoms with Crippen molar-refractivity contribution in [3.63, 3.8) is 0 Å². The zero-order valence-corrected chi connectivity index (χ0v) is 17.0. The van der Waals surface area contributed by atoms with Crippen molar-refractivity contribution in [3.05, 3.63) is 44.5 Å². The summed E-state index contributed by atoms with van der Waals surface area (Å²) in [6.07, 6.45) is 0. The van der Waals surface area contributed by atoms with Gasteiger partial charge in [0.25, 0.3) is 17.0 Å². The Morgan fingerprint density at radius 3 is 2.39 bits per heavy atom. The number of amides is 1. The maximum absolute atomic E-state index is 12.7. The van der Waals surface area contributed by atoms with Crippen molar-refractivity contribution in [1.82, 2.24) is 14.7 Å². The van der Waals surface area contributed by atoms with E-state index in [0.29, 0.717) is 0 Å². The lowest BCUT2D eigenvalue weighted by molar-refractivity contribution is 0.0824. The summed E-state index contributed by atoms with van der Waals surface area (Å²) in [7, 11) is 4.57. The summed E-state index contributed by atoms with van der Waals surface area (Å²) in [5, 5.41) is 18.9. The first-order valence-corrected chi connectivity index (χ1v) is 8.95. The second-order valence-electron chi connectivity index (χ2n) is 7.26. The number of carbonyl (C=O) groups is 1. The van der Waals surface area contributed by atoms with Crippen LogP contribution in [0.15, 0.2) is 27.8 Å². The molecule has 0 spiro atoms. The highest BCUT2D eigenvalue weighted by Gasteiger charge is 2.21. The van der Waals surface area contributed by atoms with Gasteiger partial charge in [-0.15, -0.1) is 0 Å². The summed E-state index contributed by atoms with van der Waals surface area (Å²) in [6, 6.07) is 4.51. The van der Waals surface area contributed by atoms with Gasteiger partial charge in [0, 0.05) is 27.2 Å². The van der Waals surface area contributed by atoms with E-state index in [1.54, 1.807) is 20.2 Å². The molecule has 0 saturated heterocycles. The minimum absolute atomic E-state index is 0.0106. The summed E-state index contributed by atoms with van der Waals surface area (Å²) in [4.78, 5) is 38.7. The minimum Gasteiger partial charge on any atom is -0.505 e. The Hall–Kier alpha value is -3.23. The van der Waals surface area contributed by atoms with Crippen LogP contribution in [0.3, 0.4) is 0 Å². The summed E-state index contributed by atoms with van der Waals surface area (Å²) in [5.41, 5.74) is -0.659. The molecule has 2 rings (SSSR count). The maximum Gasteiger partial charge on any atom is 0.290 e. The fourth-order valence-corrected chi connectivity index (χ4v) is 2.49. The summed E-state index contributed by atoms with van der Waals surface area (Å²) in [5.74, 6) is -0.469. The third-order valence-corrected chi connectivity index (χ3v) is 4.57. The zero-order chi connectivity index (χ0) is 21.2. The molecule has 1 amide bonds. The third-order valence-electron chi connectivity index (χ3n) is 4.57. The van der Waals surface area contributed by atoms with Gasteiger partial charge in [-0.2, -0.15) is 0 Å². The Balaban J connectivity index is 2.58.